The molecule has 0 aliphatic heterocycles. The van der Waals surface area contributed by atoms with Crippen molar-refractivity contribution >= 4 is 14.4 Å². The van der Waals surface area contributed by atoms with Crippen LogP contribution in [0.15, 0.2) is 0 Å². The molecular weight excluding hydrogens is 187 g/mol. The normalized spacial score (nSPS) is 11.4. The van der Waals surface area contributed by atoms with Gasteiger partial charge in [-0.3, -0.25) is 4.79 Å². The minimum Gasteiger partial charge on any atom is -0.466 e. The molecule has 13 heavy (non-hydrogen) atoms. The van der Waals surface area contributed by atoms with Gasteiger partial charge in [0.05, 0.1) is 6.61 Å². The monoisotopic (exact) mass is 206 g/mol. The van der Waals surface area contributed by atoms with Gasteiger partial charge in [-0.05, 0) is 32.0 Å². The third-order valence-electron chi connectivity index (χ3n) is 1.63. The Bertz CT molecular complexity index is 154. The third kappa shape index (κ3) is 9.53. The molecule has 2 nitrogen and oxygen atoms in total. The van der Waals surface area contributed by atoms with Crippen LogP contribution in [0.5, 0.6) is 0 Å². The number of rotatable bonds is 6. The van der Waals surface area contributed by atoms with E-state index in [0.717, 1.165) is 6.42 Å². The highest BCUT2D eigenvalue weighted by Gasteiger charge is 2.19. The topological polar surface area (TPSA) is 26.3 Å². The van der Waals surface area contributed by atoms with Crippen LogP contribution in [0.3, 0.4) is 0 Å². The van der Waals surface area contributed by atoms with E-state index < -0.39 is 8.41 Å². The van der Waals surface area contributed by atoms with Gasteiger partial charge < -0.3 is 8.84 Å². The van der Waals surface area contributed by atoms with Gasteiger partial charge in [0.1, 0.15) is 0 Å². The Hall–Kier alpha value is -0.383. The van der Waals surface area contributed by atoms with E-state index in [2.05, 4.69) is 0 Å². The number of hydrogen-bond donors (Lipinski definition) is 0. The van der Waals surface area contributed by atoms with E-state index in [4.69, 9.17) is 4.74 Å². The highest BCUT2D eigenvalue weighted by atomic mass is 28.4. The molecule has 0 aromatic carbocycles. The van der Waals surface area contributed by atoms with Gasteiger partial charge in [0.25, 0.3) is 0 Å². The molecule has 0 amide bonds. The summed E-state index contributed by atoms with van der Waals surface area (Å²) in [5.41, 5.74) is 0. The largest absolute Gasteiger partial charge is 0.466 e. The molecule has 0 aliphatic rings. The number of ether oxygens (including phenoxy) is 1. The van der Waals surface area contributed by atoms with E-state index in [1.165, 1.54) is 0 Å². The van der Waals surface area contributed by atoms with Crippen molar-refractivity contribution in [2.24, 2.45) is 0 Å². The molecule has 0 spiro atoms. The molecule has 0 saturated carbocycles. The molecule has 0 aromatic rings. The smallest absolute Gasteiger partial charge is 0.305 e. The number of carbonyl (C=O) groups excluding carboxylic acids is 1. The minimum absolute atomic E-state index is 0.166. The van der Waals surface area contributed by atoms with Gasteiger partial charge in [0.15, 0.2) is 0 Å². The zero-order valence-corrected chi connectivity index (χ0v) is 9.73. The lowest BCUT2D eigenvalue weighted by atomic mass is 10.3. The van der Waals surface area contributed by atoms with Crippen LogP contribution in [0.1, 0.15) is 26.2 Å². The van der Waals surface area contributed by atoms with Crippen molar-refractivity contribution < 1.29 is 13.6 Å². The predicted octanol–water partition coefficient (Wildman–Crippen LogP) is 2.89. The number of esters is 1. The average Bonchev–Trinajstić information content (AvgIpc) is 1.97. The lowest BCUT2D eigenvalue weighted by Gasteiger charge is -2.10. The molecular formula is C9H19FO2Si. The summed E-state index contributed by atoms with van der Waals surface area (Å²) in [6.45, 7) is 5.64. The van der Waals surface area contributed by atoms with Gasteiger partial charge in [-0.2, -0.15) is 0 Å². The predicted molar refractivity (Wildman–Crippen MR) is 53.9 cm³/mol. The molecule has 0 aliphatic carbocycles. The SMILES string of the molecule is CCCC(=O)OCCC[Si](C)(C)F. The zero-order chi connectivity index (χ0) is 10.3. The van der Waals surface area contributed by atoms with E-state index in [-0.39, 0.29) is 5.97 Å². The molecule has 78 valence electrons. The van der Waals surface area contributed by atoms with Gasteiger partial charge in [-0.25, -0.2) is 0 Å². The second kappa shape index (κ2) is 6.13. The van der Waals surface area contributed by atoms with Crippen molar-refractivity contribution in [2.45, 2.75) is 45.3 Å². The van der Waals surface area contributed by atoms with Crippen LogP contribution < -0.4 is 0 Å². The molecule has 0 rings (SSSR count). The number of carbonyl (C=O) groups is 1. The summed E-state index contributed by atoms with van der Waals surface area (Å²) in [5, 5.41) is 0. The fraction of sp³-hybridized carbons (Fsp3) is 0.889. The van der Waals surface area contributed by atoms with Crippen molar-refractivity contribution in [1.82, 2.24) is 0 Å². The van der Waals surface area contributed by atoms with Gasteiger partial charge in [0.2, 0.25) is 8.41 Å². The fourth-order valence-electron chi connectivity index (χ4n) is 0.955. The highest BCUT2D eigenvalue weighted by molar-refractivity contribution is 6.70. The van der Waals surface area contributed by atoms with Crippen molar-refractivity contribution in [3.8, 4) is 0 Å². The van der Waals surface area contributed by atoms with Crippen molar-refractivity contribution in [1.29, 1.82) is 0 Å². The maximum atomic E-state index is 13.1. The molecule has 0 aromatic heterocycles. The second-order valence-corrected chi connectivity index (χ2v) is 7.73. The standard InChI is InChI=1S/C9H19FO2Si/c1-4-6-9(11)12-7-5-8-13(2,3)10/h4-8H2,1-3H3. The van der Waals surface area contributed by atoms with Crippen LogP contribution in [0.25, 0.3) is 0 Å². The highest BCUT2D eigenvalue weighted by Crippen LogP contribution is 2.12. The minimum atomic E-state index is -2.44. The Labute approximate surface area is 80.7 Å². The summed E-state index contributed by atoms with van der Waals surface area (Å²) in [6, 6.07) is 0.576. The van der Waals surface area contributed by atoms with Crippen LogP contribution >= 0.6 is 0 Å². The first-order valence-electron chi connectivity index (χ1n) is 4.80. The quantitative estimate of drug-likeness (QED) is 0.289. The molecule has 0 heterocycles. The van der Waals surface area contributed by atoms with Crippen molar-refractivity contribution in [3.05, 3.63) is 0 Å². The Kier molecular flexibility index (Phi) is 5.95. The van der Waals surface area contributed by atoms with E-state index in [0.29, 0.717) is 25.5 Å². The van der Waals surface area contributed by atoms with Crippen LogP contribution in [-0.2, 0) is 9.53 Å². The molecule has 4 heteroatoms. The maximum absolute atomic E-state index is 13.1. The molecule has 0 radical (unpaired) electrons. The summed E-state index contributed by atoms with van der Waals surface area (Å²) in [4.78, 5) is 10.9. The molecule has 0 saturated heterocycles. The van der Waals surface area contributed by atoms with E-state index in [9.17, 15) is 8.90 Å². The van der Waals surface area contributed by atoms with E-state index in [1.54, 1.807) is 13.1 Å². The Balaban J connectivity index is 3.31. The lowest BCUT2D eigenvalue weighted by molar-refractivity contribution is -0.143. The Morgan fingerprint density at radius 3 is 2.54 bits per heavy atom. The lowest BCUT2D eigenvalue weighted by Crippen LogP contribution is -2.18. The van der Waals surface area contributed by atoms with E-state index >= 15 is 0 Å². The van der Waals surface area contributed by atoms with Gasteiger partial charge in [0, 0.05) is 6.42 Å². The third-order valence-corrected chi connectivity index (χ3v) is 3.18. The van der Waals surface area contributed by atoms with E-state index in [1.807, 2.05) is 6.92 Å². The van der Waals surface area contributed by atoms with Gasteiger partial charge >= 0.3 is 5.97 Å². The molecule has 0 atom stereocenters. The summed E-state index contributed by atoms with van der Waals surface area (Å²) >= 11 is 0. The first-order chi connectivity index (χ1) is 5.95. The summed E-state index contributed by atoms with van der Waals surface area (Å²) in [5.74, 6) is -0.166. The Morgan fingerprint density at radius 1 is 1.46 bits per heavy atom. The fourth-order valence-corrected chi connectivity index (χ4v) is 1.94. The van der Waals surface area contributed by atoms with Crippen LogP contribution in [0.2, 0.25) is 19.1 Å². The van der Waals surface area contributed by atoms with Gasteiger partial charge in [-0.1, -0.05) is 6.92 Å². The summed E-state index contributed by atoms with van der Waals surface area (Å²) in [7, 11) is -2.44. The maximum Gasteiger partial charge on any atom is 0.305 e. The van der Waals surface area contributed by atoms with Crippen LogP contribution in [-0.4, -0.2) is 21.0 Å². The zero-order valence-electron chi connectivity index (χ0n) is 8.73. The average molecular weight is 206 g/mol. The van der Waals surface area contributed by atoms with Gasteiger partial charge in [-0.15, -0.1) is 0 Å². The molecule has 0 fully saturated rings. The molecule has 0 N–H and O–H groups in total. The first kappa shape index (κ1) is 12.6. The van der Waals surface area contributed by atoms with Crippen LogP contribution in [0.4, 0.5) is 4.11 Å². The van der Waals surface area contributed by atoms with Crippen molar-refractivity contribution in [2.75, 3.05) is 6.61 Å². The summed E-state index contributed by atoms with van der Waals surface area (Å²) < 4.78 is 18.0. The molecule has 0 bridgehead atoms. The summed E-state index contributed by atoms with van der Waals surface area (Å²) in [6.07, 6.45) is 1.93. The number of hydrogen-bond acceptors (Lipinski definition) is 2. The first-order valence-corrected chi connectivity index (χ1v) is 7.89. The van der Waals surface area contributed by atoms with Crippen LogP contribution in [0, 0.1) is 0 Å². The Morgan fingerprint density at radius 2 is 2.08 bits per heavy atom. The molecule has 0 unspecified atom stereocenters. The second-order valence-electron chi connectivity index (χ2n) is 3.79. The number of halogens is 1. The van der Waals surface area contributed by atoms with Crippen molar-refractivity contribution in [3.63, 3.8) is 0 Å².